The molecule has 0 radical (unpaired) electrons. The average Bonchev–Trinajstić information content (AvgIpc) is 2.83. The molecule has 0 spiro atoms. The van der Waals surface area contributed by atoms with Gasteiger partial charge >= 0.3 is 0 Å². The van der Waals surface area contributed by atoms with Crippen molar-refractivity contribution in [3.05, 3.63) is 28.1 Å². The average molecular weight is 225 g/mol. The first-order valence-electron chi connectivity index (χ1n) is 4.82. The van der Waals surface area contributed by atoms with Crippen LogP contribution in [0.2, 0.25) is 0 Å². The maximum absolute atomic E-state index is 11.6. The lowest BCUT2D eigenvalue weighted by molar-refractivity contribution is -0.384. The molecular formula is C9H11N3O4. The quantitative estimate of drug-likeness (QED) is 0.501. The number of aliphatic hydroxyl groups excluding tert-OH is 1. The summed E-state index contributed by atoms with van der Waals surface area (Å²) in [5, 5.41) is 22.1. The number of hydrogen-bond acceptors (Lipinski definition) is 4. The van der Waals surface area contributed by atoms with E-state index in [-0.39, 0.29) is 18.0 Å². The lowest BCUT2D eigenvalue weighted by atomic mass is 10.2. The van der Waals surface area contributed by atoms with Crippen molar-refractivity contribution in [2.75, 3.05) is 6.61 Å². The standard InChI is InChI=1S/C9H11N3O4/c13-5-9(1-2-9)11-8(14)7-3-6(4-10-7)12(15)16/h3-4,10,13H,1-2,5H2,(H,11,14). The number of aromatic nitrogens is 1. The third-order valence-electron chi connectivity index (χ3n) is 2.66. The topological polar surface area (TPSA) is 108 Å². The van der Waals surface area contributed by atoms with Crippen LogP contribution in [0.1, 0.15) is 23.3 Å². The Labute approximate surface area is 90.6 Å². The molecule has 1 saturated carbocycles. The molecule has 3 N–H and O–H groups in total. The molecule has 0 aliphatic heterocycles. The molecule has 1 aliphatic rings. The van der Waals surface area contributed by atoms with Gasteiger partial charge in [-0.25, -0.2) is 0 Å². The van der Waals surface area contributed by atoms with Crippen molar-refractivity contribution in [2.24, 2.45) is 0 Å². The van der Waals surface area contributed by atoms with Crippen LogP contribution in [0.15, 0.2) is 12.3 Å². The summed E-state index contributed by atoms with van der Waals surface area (Å²) in [6.45, 7) is -0.110. The highest BCUT2D eigenvalue weighted by molar-refractivity contribution is 5.93. The van der Waals surface area contributed by atoms with Crippen molar-refractivity contribution in [3.8, 4) is 0 Å². The largest absolute Gasteiger partial charge is 0.394 e. The van der Waals surface area contributed by atoms with Gasteiger partial charge in [0.2, 0.25) is 0 Å². The van der Waals surface area contributed by atoms with Crippen LogP contribution in [0.4, 0.5) is 5.69 Å². The van der Waals surface area contributed by atoms with E-state index in [1.165, 1.54) is 6.07 Å². The Morgan fingerprint density at radius 2 is 2.38 bits per heavy atom. The van der Waals surface area contributed by atoms with Crippen molar-refractivity contribution < 1.29 is 14.8 Å². The molecule has 0 atom stereocenters. The molecule has 2 rings (SSSR count). The fraction of sp³-hybridized carbons (Fsp3) is 0.444. The van der Waals surface area contributed by atoms with Gasteiger partial charge in [-0.2, -0.15) is 0 Å². The molecule has 7 heteroatoms. The fourth-order valence-electron chi connectivity index (χ4n) is 1.40. The number of nitrogens with one attached hydrogen (secondary N) is 2. The number of carbonyl (C=O) groups excluding carboxylic acids is 1. The normalized spacial score (nSPS) is 16.8. The highest BCUT2D eigenvalue weighted by atomic mass is 16.6. The van der Waals surface area contributed by atoms with E-state index in [4.69, 9.17) is 5.11 Å². The van der Waals surface area contributed by atoms with E-state index >= 15 is 0 Å². The second kappa shape index (κ2) is 3.60. The van der Waals surface area contributed by atoms with Crippen LogP contribution in [0.3, 0.4) is 0 Å². The smallest absolute Gasteiger partial charge is 0.287 e. The van der Waals surface area contributed by atoms with Gasteiger partial charge in [-0.1, -0.05) is 0 Å². The lowest BCUT2D eigenvalue weighted by Crippen LogP contribution is -2.39. The molecule has 1 aliphatic carbocycles. The van der Waals surface area contributed by atoms with Crippen LogP contribution in [-0.2, 0) is 0 Å². The number of hydrogen-bond donors (Lipinski definition) is 3. The fourth-order valence-corrected chi connectivity index (χ4v) is 1.40. The highest BCUT2D eigenvalue weighted by Crippen LogP contribution is 2.34. The minimum Gasteiger partial charge on any atom is -0.394 e. The van der Waals surface area contributed by atoms with E-state index in [2.05, 4.69) is 10.3 Å². The molecule has 1 fully saturated rings. The van der Waals surface area contributed by atoms with Gasteiger partial charge in [0.25, 0.3) is 11.6 Å². The Kier molecular flexibility index (Phi) is 2.39. The second-order valence-electron chi connectivity index (χ2n) is 3.92. The summed E-state index contributed by atoms with van der Waals surface area (Å²) in [5.41, 5.74) is -0.540. The molecule has 1 amide bonds. The van der Waals surface area contributed by atoms with Crippen LogP contribution >= 0.6 is 0 Å². The predicted molar refractivity (Wildman–Crippen MR) is 54.0 cm³/mol. The summed E-state index contributed by atoms with van der Waals surface area (Å²) in [6.07, 6.45) is 2.63. The SMILES string of the molecule is O=C(NC1(CO)CC1)c1cc([N+](=O)[O-])c[nH]1. The zero-order chi connectivity index (χ0) is 11.8. The van der Waals surface area contributed by atoms with E-state index in [0.717, 1.165) is 19.0 Å². The van der Waals surface area contributed by atoms with Crippen LogP contribution in [0.25, 0.3) is 0 Å². The first-order chi connectivity index (χ1) is 7.56. The van der Waals surface area contributed by atoms with Crippen LogP contribution < -0.4 is 5.32 Å². The number of nitrogens with zero attached hydrogens (tertiary/aromatic N) is 1. The van der Waals surface area contributed by atoms with Crippen molar-refractivity contribution in [1.82, 2.24) is 10.3 Å². The Hall–Kier alpha value is -1.89. The van der Waals surface area contributed by atoms with Crippen LogP contribution in [0.5, 0.6) is 0 Å². The van der Waals surface area contributed by atoms with E-state index < -0.39 is 16.4 Å². The van der Waals surface area contributed by atoms with Crippen molar-refractivity contribution in [1.29, 1.82) is 0 Å². The molecular weight excluding hydrogens is 214 g/mol. The van der Waals surface area contributed by atoms with Gasteiger partial charge in [-0.3, -0.25) is 14.9 Å². The number of H-pyrrole nitrogens is 1. The number of aliphatic hydroxyl groups is 1. The molecule has 7 nitrogen and oxygen atoms in total. The Bertz CT molecular complexity index is 436. The van der Waals surface area contributed by atoms with Gasteiger partial charge in [0.1, 0.15) is 5.69 Å². The van der Waals surface area contributed by atoms with E-state index in [1.54, 1.807) is 0 Å². The molecule has 16 heavy (non-hydrogen) atoms. The Morgan fingerprint density at radius 3 is 2.81 bits per heavy atom. The Morgan fingerprint density at radius 1 is 1.69 bits per heavy atom. The molecule has 1 aromatic heterocycles. The highest BCUT2D eigenvalue weighted by Gasteiger charge is 2.43. The van der Waals surface area contributed by atoms with Gasteiger partial charge in [-0.15, -0.1) is 0 Å². The maximum atomic E-state index is 11.6. The number of amides is 1. The molecule has 0 bridgehead atoms. The number of aromatic amines is 1. The molecule has 0 unspecified atom stereocenters. The minimum absolute atomic E-state index is 0.110. The number of carbonyl (C=O) groups is 1. The first-order valence-corrected chi connectivity index (χ1v) is 4.82. The minimum atomic E-state index is -0.577. The second-order valence-corrected chi connectivity index (χ2v) is 3.92. The van der Waals surface area contributed by atoms with Gasteiger partial charge < -0.3 is 15.4 Å². The van der Waals surface area contributed by atoms with E-state index in [1.807, 2.05) is 0 Å². The maximum Gasteiger partial charge on any atom is 0.287 e. The first kappa shape index (κ1) is 10.6. The monoisotopic (exact) mass is 225 g/mol. The number of rotatable bonds is 4. The summed E-state index contributed by atoms with van der Waals surface area (Å²) < 4.78 is 0. The third kappa shape index (κ3) is 1.89. The summed E-state index contributed by atoms with van der Waals surface area (Å²) in [6, 6.07) is 1.17. The molecule has 0 saturated heterocycles. The summed E-state index contributed by atoms with van der Waals surface area (Å²) in [5.74, 6) is -0.431. The van der Waals surface area contributed by atoms with E-state index in [9.17, 15) is 14.9 Å². The van der Waals surface area contributed by atoms with Crippen molar-refractivity contribution >= 4 is 11.6 Å². The predicted octanol–water partition coefficient (Wildman–Crippen LogP) is 0.178. The zero-order valence-electron chi connectivity index (χ0n) is 8.40. The van der Waals surface area contributed by atoms with Crippen LogP contribution in [-0.4, -0.2) is 33.1 Å². The third-order valence-corrected chi connectivity index (χ3v) is 2.66. The van der Waals surface area contributed by atoms with Gasteiger partial charge in [0.05, 0.1) is 23.3 Å². The molecule has 1 aromatic rings. The van der Waals surface area contributed by atoms with Gasteiger partial charge in [-0.05, 0) is 12.8 Å². The molecule has 86 valence electrons. The van der Waals surface area contributed by atoms with Gasteiger partial charge in [0.15, 0.2) is 0 Å². The summed E-state index contributed by atoms with van der Waals surface area (Å²) >= 11 is 0. The summed E-state index contributed by atoms with van der Waals surface area (Å²) in [4.78, 5) is 24.0. The molecule has 0 aromatic carbocycles. The Balaban J connectivity index is 2.06. The van der Waals surface area contributed by atoms with Crippen molar-refractivity contribution in [2.45, 2.75) is 18.4 Å². The zero-order valence-corrected chi connectivity index (χ0v) is 8.40. The lowest BCUT2D eigenvalue weighted by Gasteiger charge is -2.12. The summed E-state index contributed by atoms with van der Waals surface area (Å²) in [7, 11) is 0. The molecule has 1 heterocycles. The van der Waals surface area contributed by atoms with Crippen molar-refractivity contribution in [3.63, 3.8) is 0 Å². The number of nitro groups is 1. The van der Waals surface area contributed by atoms with E-state index in [0.29, 0.717) is 0 Å². The van der Waals surface area contributed by atoms with Crippen LogP contribution in [0, 0.1) is 10.1 Å². The van der Waals surface area contributed by atoms with Gasteiger partial charge in [0, 0.05) is 6.07 Å².